The van der Waals surface area contributed by atoms with Crippen molar-refractivity contribution in [2.24, 2.45) is 11.8 Å². The Bertz CT molecular complexity index is 198. The fourth-order valence-electron chi connectivity index (χ4n) is 1.10. The van der Waals surface area contributed by atoms with Crippen LogP contribution in [0, 0.1) is 5.92 Å². The zero-order valence-corrected chi connectivity index (χ0v) is 8.51. The van der Waals surface area contributed by atoms with Crippen molar-refractivity contribution in [3.63, 3.8) is 0 Å². The number of hydrogen-bond acceptors (Lipinski definition) is 3. The Morgan fingerprint density at radius 3 is 2.36 bits per heavy atom. The number of hydrazine groups is 1. The first kappa shape index (κ1) is 13.2. The van der Waals surface area contributed by atoms with E-state index in [-0.39, 0.29) is 5.92 Å². The second kappa shape index (κ2) is 5.21. The summed E-state index contributed by atoms with van der Waals surface area (Å²) in [6, 6.07) is 0. The molecule has 0 aromatic rings. The fraction of sp³-hybridized carbons (Fsp3) is 0.875. The summed E-state index contributed by atoms with van der Waals surface area (Å²) in [6.07, 6.45) is -4.10. The molecule has 1 amide bonds. The average Bonchev–Trinajstić information content (AvgIpc) is 1.99. The molecule has 0 fully saturated rings. The topological polar surface area (TPSA) is 64.3 Å². The van der Waals surface area contributed by atoms with E-state index in [0.29, 0.717) is 6.42 Å². The molecule has 0 saturated heterocycles. The Labute approximate surface area is 81.8 Å². The largest absolute Gasteiger partial charge is 0.438 e. The lowest BCUT2D eigenvalue weighted by atomic mass is 10.1. The third-order valence-corrected chi connectivity index (χ3v) is 1.55. The molecular weight excluding hydrogens is 194 g/mol. The van der Waals surface area contributed by atoms with Crippen molar-refractivity contribution in [2.75, 3.05) is 0 Å². The summed E-state index contributed by atoms with van der Waals surface area (Å²) in [5, 5.41) is 0. The molecule has 0 rings (SSSR count). The molecule has 0 aliphatic heterocycles. The van der Waals surface area contributed by atoms with Gasteiger partial charge in [0.15, 0.2) is 0 Å². The zero-order valence-electron chi connectivity index (χ0n) is 8.51. The van der Waals surface area contributed by atoms with E-state index in [1.54, 1.807) is 0 Å². The van der Waals surface area contributed by atoms with Gasteiger partial charge in [-0.2, -0.15) is 8.78 Å². The maximum atomic E-state index is 12.8. The highest BCUT2D eigenvalue weighted by Crippen LogP contribution is 2.20. The van der Waals surface area contributed by atoms with Gasteiger partial charge in [0.25, 0.3) is 0 Å². The summed E-state index contributed by atoms with van der Waals surface area (Å²) < 4.78 is 29.9. The number of nitrogens with one attached hydrogen (secondary N) is 1. The fourth-order valence-corrected chi connectivity index (χ4v) is 1.10. The van der Waals surface area contributed by atoms with Crippen LogP contribution in [-0.2, 0) is 9.53 Å². The lowest BCUT2D eigenvalue weighted by Crippen LogP contribution is -2.46. The normalized spacial score (nSPS) is 14.2. The maximum Gasteiger partial charge on any atom is 0.438 e. The van der Waals surface area contributed by atoms with Crippen LogP contribution in [0.4, 0.5) is 8.78 Å². The minimum atomic E-state index is -3.86. The first-order chi connectivity index (χ1) is 6.29. The summed E-state index contributed by atoms with van der Waals surface area (Å²) in [5.41, 5.74) is 1.35. The molecule has 0 aromatic carbocycles. The quantitative estimate of drug-likeness (QED) is 0.404. The summed E-state index contributed by atoms with van der Waals surface area (Å²) in [5.74, 6) is 3.17. The average molecular weight is 210 g/mol. The van der Waals surface area contributed by atoms with Crippen LogP contribution in [0.5, 0.6) is 0 Å². The van der Waals surface area contributed by atoms with Crippen LogP contribution >= 0.6 is 0 Å². The molecule has 4 nitrogen and oxygen atoms in total. The number of amides is 1. The van der Waals surface area contributed by atoms with Crippen molar-refractivity contribution in [3.8, 4) is 0 Å². The zero-order chi connectivity index (χ0) is 11.4. The van der Waals surface area contributed by atoms with Gasteiger partial charge in [0.2, 0.25) is 0 Å². The minimum absolute atomic E-state index is 0.224. The number of nitrogens with two attached hydrogens (primary N) is 1. The number of alkyl halides is 2. The van der Waals surface area contributed by atoms with Crippen LogP contribution in [0.1, 0.15) is 27.2 Å². The molecule has 0 bridgehead atoms. The van der Waals surface area contributed by atoms with Crippen LogP contribution in [0.3, 0.4) is 0 Å². The molecule has 6 heteroatoms. The first-order valence-corrected chi connectivity index (χ1v) is 4.36. The predicted octanol–water partition coefficient (Wildman–Crippen LogP) is 1.02. The Morgan fingerprint density at radius 1 is 1.50 bits per heavy atom. The van der Waals surface area contributed by atoms with E-state index < -0.39 is 18.1 Å². The Hall–Kier alpha value is -0.750. The second-order valence-electron chi connectivity index (χ2n) is 3.55. The van der Waals surface area contributed by atoms with Crippen molar-refractivity contribution in [1.82, 2.24) is 5.43 Å². The molecule has 0 spiro atoms. The molecule has 0 aliphatic carbocycles. The van der Waals surface area contributed by atoms with Gasteiger partial charge >= 0.3 is 12.0 Å². The lowest BCUT2D eigenvalue weighted by molar-refractivity contribution is -0.249. The Kier molecular flexibility index (Phi) is 4.93. The third-order valence-electron chi connectivity index (χ3n) is 1.55. The van der Waals surface area contributed by atoms with E-state index in [1.165, 1.54) is 12.3 Å². The molecule has 3 N–H and O–H groups in total. The highest BCUT2D eigenvalue weighted by molar-refractivity contribution is 5.81. The van der Waals surface area contributed by atoms with Gasteiger partial charge in [0, 0.05) is 0 Å². The molecule has 84 valence electrons. The molecule has 14 heavy (non-hydrogen) atoms. The van der Waals surface area contributed by atoms with Crippen LogP contribution in [0.25, 0.3) is 0 Å². The molecule has 0 saturated carbocycles. The monoisotopic (exact) mass is 210 g/mol. The van der Waals surface area contributed by atoms with E-state index in [2.05, 4.69) is 10.6 Å². The number of carbonyl (C=O) groups excluding carboxylic acids is 1. The lowest BCUT2D eigenvalue weighted by Gasteiger charge is -2.21. The SMILES string of the molecule is CC(C)CC(C)OC(F)(F)C(=O)NN. The van der Waals surface area contributed by atoms with Crippen molar-refractivity contribution < 1.29 is 18.3 Å². The maximum absolute atomic E-state index is 12.8. The van der Waals surface area contributed by atoms with Crippen molar-refractivity contribution in [2.45, 2.75) is 39.4 Å². The second-order valence-corrected chi connectivity index (χ2v) is 3.55. The summed E-state index contributed by atoms with van der Waals surface area (Å²) in [6.45, 7) is 5.24. The van der Waals surface area contributed by atoms with Gasteiger partial charge in [0.1, 0.15) is 0 Å². The number of halogens is 2. The molecule has 1 atom stereocenters. The molecule has 0 heterocycles. The van der Waals surface area contributed by atoms with Gasteiger partial charge in [-0.15, -0.1) is 0 Å². The van der Waals surface area contributed by atoms with E-state index in [4.69, 9.17) is 0 Å². The van der Waals surface area contributed by atoms with Gasteiger partial charge < -0.3 is 4.74 Å². The third kappa shape index (κ3) is 4.48. The minimum Gasteiger partial charge on any atom is -0.310 e. The smallest absolute Gasteiger partial charge is 0.310 e. The van der Waals surface area contributed by atoms with Crippen LogP contribution in [0.2, 0.25) is 0 Å². The molecule has 0 aliphatic rings. The van der Waals surface area contributed by atoms with Crippen LogP contribution < -0.4 is 11.3 Å². The van der Waals surface area contributed by atoms with Crippen LogP contribution in [-0.4, -0.2) is 18.1 Å². The first-order valence-electron chi connectivity index (χ1n) is 4.36. The van der Waals surface area contributed by atoms with Crippen molar-refractivity contribution >= 4 is 5.91 Å². The van der Waals surface area contributed by atoms with Gasteiger partial charge in [-0.3, -0.25) is 10.2 Å². The predicted molar refractivity (Wildman–Crippen MR) is 47.3 cm³/mol. The summed E-state index contributed by atoms with van der Waals surface area (Å²) in [4.78, 5) is 10.5. The van der Waals surface area contributed by atoms with Crippen LogP contribution in [0.15, 0.2) is 0 Å². The van der Waals surface area contributed by atoms with Gasteiger partial charge in [-0.1, -0.05) is 13.8 Å². The number of carbonyl (C=O) groups is 1. The summed E-state index contributed by atoms with van der Waals surface area (Å²) in [7, 11) is 0. The number of rotatable bonds is 5. The molecule has 1 unspecified atom stereocenters. The Morgan fingerprint density at radius 2 is 2.00 bits per heavy atom. The van der Waals surface area contributed by atoms with E-state index in [0.717, 1.165) is 0 Å². The van der Waals surface area contributed by atoms with Gasteiger partial charge in [-0.25, -0.2) is 5.84 Å². The molecule has 0 aromatic heterocycles. The van der Waals surface area contributed by atoms with Crippen molar-refractivity contribution in [1.29, 1.82) is 0 Å². The van der Waals surface area contributed by atoms with E-state index >= 15 is 0 Å². The van der Waals surface area contributed by atoms with E-state index in [1.807, 2.05) is 13.8 Å². The summed E-state index contributed by atoms with van der Waals surface area (Å²) >= 11 is 0. The van der Waals surface area contributed by atoms with Gasteiger partial charge in [0.05, 0.1) is 6.10 Å². The van der Waals surface area contributed by atoms with Gasteiger partial charge in [-0.05, 0) is 19.3 Å². The number of ether oxygens (including phenoxy) is 1. The number of hydrogen-bond donors (Lipinski definition) is 2. The van der Waals surface area contributed by atoms with E-state index in [9.17, 15) is 13.6 Å². The Balaban J connectivity index is 4.14. The standard InChI is InChI=1S/C8H16F2N2O2/c1-5(2)4-6(3)14-8(9,10)7(13)12-11/h5-6H,4,11H2,1-3H3,(H,12,13). The highest BCUT2D eigenvalue weighted by Gasteiger charge is 2.41. The molecule has 0 radical (unpaired) electrons. The van der Waals surface area contributed by atoms with Crippen molar-refractivity contribution in [3.05, 3.63) is 0 Å². The highest BCUT2D eigenvalue weighted by atomic mass is 19.3. The molecular formula is C8H16F2N2O2.